The average Bonchev–Trinajstić information content (AvgIpc) is 2.71. The number of rotatable bonds is 4. The maximum Gasteiger partial charge on any atom is 0.144 e. The summed E-state index contributed by atoms with van der Waals surface area (Å²) in [7, 11) is -2.09. The summed E-state index contributed by atoms with van der Waals surface area (Å²) in [5.74, 6) is 0.301. The van der Waals surface area contributed by atoms with E-state index in [1.165, 1.54) is 15.9 Å². The standard InChI is InChI=1S/C24H19OP.BrH/c25-20-11-10-18-24(19-20)26(21-12-4-1-5-13-21,22-14-6-2-7-15-22)23-16-8-3-9-17-23;/h1-19H;1H. The molecule has 0 saturated heterocycles. The van der Waals surface area contributed by atoms with Crippen LogP contribution in [0.4, 0.5) is 0 Å². The third-order valence-electron chi connectivity index (χ3n) is 4.65. The minimum atomic E-state index is -2.09. The van der Waals surface area contributed by atoms with Crippen molar-refractivity contribution in [1.82, 2.24) is 0 Å². The highest BCUT2D eigenvalue weighted by atomic mass is 79.9. The molecular formula is C24H20BrOP. The smallest absolute Gasteiger partial charge is 0.144 e. The molecule has 0 fully saturated rings. The molecule has 4 rings (SSSR count). The maximum absolute atomic E-state index is 10.2. The first kappa shape index (κ1) is 19.4. The molecule has 0 heterocycles. The highest BCUT2D eigenvalue weighted by Gasteiger charge is 2.47. The lowest BCUT2D eigenvalue weighted by molar-refractivity contribution is -0.00000600. The minimum Gasteiger partial charge on any atom is -1.00 e. The molecule has 0 unspecified atom stereocenters. The molecule has 0 aromatic heterocycles. The summed E-state index contributed by atoms with van der Waals surface area (Å²) < 4.78 is 0. The Labute approximate surface area is 171 Å². The summed E-state index contributed by atoms with van der Waals surface area (Å²) in [6, 6.07) is 39.7. The molecule has 0 aliphatic rings. The molecule has 0 bridgehead atoms. The van der Waals surface area contributed by atoms with E-state index in [1.54, 1.807) is 6.07 Å². The lowest BCUT2D eigenvalue weighted by Crippen LogP contribution is -3.00. The molecule has 0 amide bonds. The molecule has 0 saturated carbocycles. The third-order valence-corrected chi connectivity index (χ3v) is 8.92. The molecule has 0 aliphatic heterocycles. The van der Waals surface area contributed by atoms with Crippen LogP contribution >= 0.6 is 7.26 Å². The zero-order chi connectivity index (χ0) is 17.8. The molecule has 4 aromatic rings. The second kappa shape index (κ2) is 8.52. The average molecular weight is 435 g/mol. The Hall–Kier alpha value is -2.41. The van der Waals surface area contributed by atoms with Crippen LogP contribution in [0.5, 0.6) is 5.75 Å². The first-order valence-corrected chi connectivity index (χ1v) is 10.5. The molecule has 0 aliphatic carbocycles. The maximum atomic E-state index is 10.2. The van der Waals surface area contributed by atoms with Gasteiger partial charge in [0.25, 0.3) is 0 Å². The fourth-order valence-electron chi connectivity index (χ4n) is 3.55. The van der Waals surface area contributed by atoms with E-state index in [0.717, 1.165) is 5.30 Å². The van der Waals surface area contributed by atoms with Crippen LogP contribution in [0.1, 0.15) is 0 Å². The van der Waals surface area contributed by atoms with Gasteiger partial charge in [-0.25, -0.2) is 0 Å². The predicted octanol–water partition coefficient (Wildman–Crippen LogP) is 1.02. The van der Waals surface area contributed by atoms with Gasteiger partial charge in [-0.2, -0.15) is 0 Å². The second-order valence-electron chi connectivity index (χ2n) is 6.20. The Morgan fingerprint density at radius 3 is 1.19 bits per heavy atom. The molecule has 27 heavy (non-hydrogen) atoms. The van der Waals surface area contributed by atoms with E-state index < -0.39 is 7.26 Å². The normalized spacial score (nSPS) is 10.8. The summed E-state index contributed by atoms with van der Waals surface area (Å²) >= 11 is 0. The lowest BCUT2D eigenvalue weighted by atomic mass is 10.3. The van der Waals surface area contributed by atoms with Gasteiger partial charge in [0.1, 0.15) is 34.2 Å². The third kappa shape index (κ3) is 3.56. The van der Waals surface area contributed by atoms with Crippen LogP contribution in [0.15, 0.2) is 115 Å². The monoisotopic (exact) mass is 434 g/mol. The number of benzene rings is 4. The molecule has 0 radical (unpaired) electrons. The van der Waals surface area contributed by atoms with E-state index in [9.17, 15) is 5.11 Å². The van der Waals surface area contributed by atoms with Crippen LogP contribution in [0.2, 0.25) is 0 Å². The van der Waals surface area contributed by atoms with E-state index in [-0.39, 0.29) is 17.0 Å². The van der Waals surface area contributed by atoms with E-state index in [2.05, 4.69) is 97.1 Å². The highest BCUT2D eigenvalue weighted by Crippen LogP contribution is 2.54. The Morgan fingerprint density at radius 1 is 0.444 bits per heavy atom. The highest BCUT2D eigenvalue weighted by molar-refractivity contribution is 8.01. The van der Waals surface area contributed by atoms with E-state index >= 15 is 0 Å². The van der Waals surface area contributed by atoms with E-state index in [0.29, 0.717) is 5.75 Å². The van der Waals surface area contributed by atoms with Gasteiger partial charge in [0.2, 0.25) is 0 Å². The van der Waals surface area contributed by atoms with Gasteiger partial charge in [-0.05, 0) is 48.5 Å². The number of phenols is 1. The van der Waals surface area contributed by atoms with Crippen LogP contribution in [-0.2, 0) is 0 Å². The summed E-state index contributed by atoms with van der Waals surface area (Å²) in [5, 5.41) is 15.2. The molecular weight excluding hydrogens is 415 g/mol. The van der Waals surface area contributed by atoms with Crippen molar-refractivity contribution in [3.05, 3.63) is 115 Å². The SMILES string of the molecule is Oc1cccc([P+](c2ccccc2)(c2ccccc2)c2ccccc2)c1.[Br-]. The zero-order valence-electron chi connectivity index (χ0n) is 14.7. The van der Waals surface area contributed by atoms with Gasteiger partial charge in [0.05, 0.1) is 0 Å². The summed E-state index contributed by atoms with van der Waals surface area (Å²) in [5.41, 5.74) is 0. The number of aromatic hydroxyl groups is 1. The fourth-order valence-corrected chi connectivity index (χ4v) is 7.83. The largest absolute Gasteiger partial charge is 1.00 e. The van der Waals surface area contributed by atoms with Crippen LogP contribution in [0.3, 0.4) is 0 Å². The van der Waals surface area contributed by atoms with Crippen molar-refractivity contribution in [1.29, 1.82) is 0 Å². The topological polar surface area (TPSA) is 20.2 Å². The molecule has 4 aromatic carbocycles. The van der Waals surface area contributed by atoms with Crippen molar-refractivity contribution < 1.29 is 22.1 Å². The molecule has 0 atom stereocenters. The Morgan fingerprint density at radius 2 is 0.815 bits per heavy atom. The van der Waals surface area contributed by atoms with Crippen molar-refractivity contribution in [3.63, 3.8) is 0 Å². The fraction of sp³-hybridized carbons (Fsp3) is 0. The van der Waals surface area contributed by atoms with E-state index in [4.69, 9.17) is 0 Å². The van der Waals surface area contributed by atoms with Gasteiger partial charge in [0.15, 0.2) is 0 Å². The molecule has 3 heteroatoms. The zero-order valence-corrected chi connectivity index (χ0v) is 17.2. The van der Waals surface area contributed by atoms with Crippen LogP contribution in [0, 0.1) is 0 Å². The quantitative estimate of drug-likeness (QED) is 0.475. The number of halogens is 1. The predicted molar refractivity (Wildman–Crippen MR) is 113 cm³/mol. The molecule has 0 spiro atoms. The van der Waals surface area contributed by atoms with Crippen LogP contribution in [-0.4, -0.2) is 5.11 Å². The van der Waals surface area contributed by atoms with Gasteiger partial charge in [0, 0.05) is 6.07 Å². The van der Waals surface area contributed by atoms with Crippen molar-refractivity contribution in [2.24, 2.45) is 0 Å². The lowest BCUT2D eigenvalue weighted by Gasteiger charge is -2.27. The second-order valence-corrected chi connectivity index (χ2v) is 9.60. The summed E-state index contributed by atoms with van der Waals surface area (Å²) in [4.78, 5) is 0. The van der Waals surface area contributed by atoms with Gasteiger partial charge in [-0.15, -0.1) is 0 Å². The number of phenolic OH excluding ortho intramolecular Hbond substituents is 1. The van der Waals surface area contributed by atoms with Gasteiger partial charge in [-0.3, -0.25) is 0 Å². The Bertz CT molecular complexity index is 892. The van der Waals surface area contributed by atoms with Gasteiger partial charge < -0.3 is 22.1 Å². The minimum absolute atomic E-state index is 0. The first-order chi connectivity index (χ1) is 12.8. The van der Waals surface area contributed by atoms with Crippen LogP contribution < -0.4 is 38.2 Å². The molecule has 1 N–H and O–H groups in total. The summed E-state index contributed by atoms with van der Waals surface area (Å²) in [6.45, 7) is 0. The van der Waals surface area contributed by atoms with Crippen molar-refractivity contribution in [3.8, 4) is 5.75 Å². The first-order valence-electron chi connectivity index (χ1n) is 8.67. The van der Waals surface area contributed by atoms with Crippen molar-refractivity contribution in [2.75, 3.05) is 0 Å². The van der Waals surface area contributed by atoms with Crippen molar-refractivity contribution in [2.45, 2.75) is 0 Å². The van der Waals surface area contributed by atoms with Crippen LogP contribution in [0.25, 0.3) is 0 Å². The Kier molecular flexibility index (Phi) is 6.11. The Balaban J connectivity index is 0.00000210. The number of hydrogen-bond acceptors (Lipinski definition) is 1. The van der Waals surface area contributed by atoms with E-state index in [1.807, 2.05) is 12.1 Å². The summed E-state index contributed by atoms with van der Waals surface area (Å²) in [6.07, 6.45) is 0. The van der Waals surface area contributed by atoms with Crippen molar-refractivity contribution >= 4 is 28.5 Å². The number of hydrogen-bond donors (Lipinski definition) is 1. The molecule has 134 valence electrons. The van der Waals surface area contributed by atoms with Gasteiger partial charge >= 0.3 is 0 Å². The van der Waals surface area contributed by atoms with Gasteiger partial charge in [-0.1, -0.05) is 60.7 Å². The molecule has 1 nitrogen and oxygen atoms in total.